The average molecular weight is 250 g/mol. The van der Waals surface area contributed by atoms with Crippen LogP contribution in [-0.2, 0) is 6.54 Å². The normalized spacial score (nSPS) is 12.5. The van der Waals surface area contributed by atoms with Gasteiger partial charge in [-0.1, -0.05) is 6.92 Å². The number of nitrogens with one attached hydrogen (secondary N) is 1. The van der Waals surface area contributed by atoms with Gasteiger partial charge in [-0.05, 0) is 14.0 Å². The van der Waals surface area contributed by atoms with Gasteiger partial charge in [-0.2, -0.15) is 0 Å². The summed E-state index contributed by atoms with van der Waals surface area (Å²) in [5.74, 6) is 1.10. The first-order valence-corrected chi connectivity index (χ1v) is 5.96. The first-order valence-electron chi connectivity index (χ1n) is 5.96. The van der Waals surface area contributed by atoms with Gasteiger partial charge in [-0.15, -0.1) is 0 Å². The zero-order chi connectivity index (χ0) is 13.7. The highest BCUT2D eigenvalue weighted by Crippen LogP contribution is 2.14. The maximum atomic E-state index is 7.39. The molecule has 0 saturated carbocycles. The minimum absolute atomic E-state index is 0.0571. The summed E-state index contributed by atoms with van der Waals surface area (Å²) in [5.41, 5.74) is 7.37. The highest BCUT2D eigenvalue weighted by Gasteiger charge is 2.10. The Labute approximate surface area is 108 Å². The molecule has 0 bridgehead atoms. The summed E-state index contributed by atoms with van der Waals surface area (Å²) in [4.78, 5) is 6.57. The third-order valence-electron chi connectivity index (χ3n) is 2.76. The average Bonchev–Trinajstić information content (AvgIpc) is 2.27. The van der Waals surface area contributed by atoms with Crippen LogP contribution in [0.25, 0.3) is 0 Å². The van der Waals surface area contributed by atoms with E-state index in [-0.39, 0.29) is 11.8 Å². The summed E-state index contributed by atoms with van der Waals surface area (Å²) >= 11 is 0. The highest BCUT2D eigenvalue weighted by atomic mass is 16.5. The molecule has 1 heterocycles. The number of amidine groups is 1. The fraction of sp³-hybridized carbons (Fsp3) is 0.538. The van der Waals surface area contributed by atoms with E-state index in [4.69, 9.17) is 15.9 Å². The lowest BCUT2D eigenvalue weighted by Crippen LogP contribution is -2.32. The topological polar surface area (TPSA) is 75.2 Å². The largest absolute Gasteiger partial charge is 0.497 e. The number of aromatic nitrogens is 1. The number of nitrogens with two attached hydrogens (primary N) is 1. The Balaban J connectivity index is 2.66. The molecule has 100 valence electrons. The molecule has 1 rings (SSSR count). The summed E-state index contributed by atoms with van der Waals surface area (Å²) in [6.45, 7) is 5.36. The minimum atomic E-state index is 0.0571. The Morgan fingerprint density at radius 1 is 1.56 bits per heavy atom. The van der Waals surface area contributed by atoms with Crippen LogP contribution in [0.3, 0.4) is 0 Å². The van der Waals surface area contributed by atoms with Crippen molar-refractivity contribution in [1.82, 2.24) is 9.88 Å². The molecule has 3 N–H and O–H groups in total. The third-order valence-corrected chi connectivity index (χ3v) is 2.76. The first kappa shape index (κ1) is 14.4. The molecular weight excluding hydrogens is 228 g/mol. The molecule has 0 aliphatic rings. The van der Waals surface area contributed by atoms with Gasteiger partial charge in [0.2, 0.25) is 0 Å². The molecule has 0 radical (unpaired) electrons. The summed E-state index contributed by atoms with van der Waals surface area (Å²) < 4.78 is 5.22. The molecule has 5 nitrogen and oxygen atoms in total. The van der Waals surface area contributed by atoms with Crippen molar-refractivity contribution in [2.75, 3.05) is 20.7 Å². The van der Waals surface area contributed by atoms with E-state index in [1.54, 1.807) is 7.11 Å². The number of aryl methyl sites for hydroxylation is 1. The summed E-state index contributed by atoms with van der Waals surface area (Å²) in [5, 5.41) is 7.39. The number of rotatable bonds is 6. The van der Waals surface area contributed by atoms with Crippen molar-refractivity contribution in [1.29, 1.82) is 5.41 Å². The lowest BCUT2D eigenvalue weighted by atomic mass is 10.1. The second-order valence-corrected chi connectivity index (χ2v) is 4.69. The van der Waals surface area contributed by atoms with Crippen LogP contribution in [0.15, 0.2) is 12.1 Å². The van der Waals surface area contributed by atoms with Crippen LogP contribution in [0.5, 0.6) is 5.75 Å². The van der Waals surface area contributed by atoms with E-state index in [9.17, 15) is 0 Å². The SMILES string of the molecule is COc1cc(C)nc(CN(C)CC(C)C(=N)N)c1. The van der Waals surface area contributed by atoms with Gasteiger partial charge in [0.1, 0.15) is 5.75 Å². The maximum Gasteiger partial charge on any atom is 0.122 e. The van der Waals surface area contributed by atoms with Gasteiger partial charge >= 0.3 is 0 Å². The van der Waals surface area contributed by atoms with E-state index in [0.29, 0.717) is 0 Å². The molecule has 5 heteroatoms. The monoisotopic (exact) mass is 250 g/mol. The standard InChI is InChI=1S/C13H22N4O/c1-9(13(14)15)7-17(3)8-11-6-12(18-4)5-10(2)16-11/h5-6,9H,7-8H2,1-4H3,(H3,14,15). The summed E-state index contributed by atoms with van der Waals surface area (Å²) in [6.07, 6.45) is 0. The first-order chi connectivity index (χ1) is 8.42. The molecule has 0 aliphatic carbocycles. The molecule has 1 atom stereocenters. The molecule has 0 aliphatic heterocycles. The van der Waals surface area contributed by atoms with Crippen molar-refractivity contribution in [3.05, 3.63) is 23.5 Å². The van der Waals surface area contributed by atoms with Crippen LogP contribution in [0.1, 0.15) is 18.3 Å². The van der Waals surface area contributed by atoms with Crippen LogP contribution in [0.2, 0.25) is 0 Å². The molecule has 0 aromatic carbocycles. The van der Waals surface area contributed by atoms with E-state index in [1.165, 1.54) is 0 Å². The smallest absolute Gasteiger partial charge is 0.122 e. The second-order valence-electron chi connectivity index (χ2n) is 4.69. The Morgan fingerprint density at radius 2 is 2.22 bits per heavy atom. The zero-order valence-corrected chi connectivity index (χ0v) is 11.5. The van der Waals surface area contributed by atoms with Crippen molar-refractivity contribution >= 4 is 5.84 Å². The summed E-state index contributed by atoms with van der Waals surface area (Å²) in [6, 6.07) is 3.84. The molecule has 0 spiro atoms. The maximum absolute atomic E-state index is 7.39. The van der Waals surface area contributed by atoms with Crippen molar-refractivity contribution < 1.29 is 4.74 Å². The number of ether oxygens (including phenoxy) is 1. The number of pyridine rings is 1. The molecule has 1 aromatic heterocycles. The predicted octanol–water partition coefficient (Wildman–Crippen LogP) is 1.40. The number of methoxy groups -OCH3 is 1. The minimum Gasteiger partial charge on any atom is -0.497 e. The van der Waals surface area contributed by atoms with Crippen molar-refractivity contribution in [3.8, 4) is 5.75 Å². The molecule has 0 fully saturated rings. The molecule has 18 heavy (non-hydrogen) atoms. The van der Waals surface area contributed by atoms with Gasteiger partial charge in [0, 0.05) is 36.8 Å². The summed E-state index contributed by atoms with van der Waals surface area (Å²) in [7, 11) is 3.65. The Bertz CT molecular complexity index is 419. The fourth-order valence-electron chi connectivity index (χ4n) is 1.81. The van der Waals surface area contributed by atoms with Crippen LogP contribution >= 0.6 is 0 Å². The van der Waals surface area contributed by atoms with Gasteiger partial charge in [0.15, 0.2) is 0 Å². The number of hydrogen-bond acceptors (Lipinski definition) is 4. The van der Waals surface area contributed by atoms with Gasteiger partial charge in [-0.25, -0.2) is 0 Å². The van der Waals surface area contributed by atoms with Crippen molar-refractivity contribution in [3.63, 3.8) is 0 Å². The van der Waals surface area contributed by atoms with Gasteiger partial charge in [0.05, 0.1) is 18.6 Å². The Kier molecular flexibility index (Phi) is 5.09. The predicted molar refractivity (Wildman–Crippen MR) is 72.9 cm³/mol. The molecule has 0 amide bonds. The molecule has 0 saturated heterocycles. The van der Waals surface area contributed by atoms with Gasteiger partial charge in [0.25, 0.3) is 0 Å². The van der Waals surface area contributed by atoms with Crippen molar-refractivity contribution in [2.45, 2.75) is 20.4 Å². The van der Waals surface area contributed by atoms with Crippen LogP contribution in [0, 0.1) is 18.3 Å². The lowest BCUT2D eigenvalue weighted by Gasteiger charge is -2.20. The zero-order valence-electron chi connectivity index (χ0n) is 11.5. The third kappa shape index (κ3) is 4.33. The Hall–Kier alpha value is -1.62. The van der Waals surface area contributed by atoms with E-state index >= 15 is 0 Å². The highest BCUT2D eigenvalue weighted by molar-refractivity contribution is 5.79. The lowest BCUT2D eigenvalue weighted by molar-refractivity contribution is 0.302. The quantitative estimate of drug-likeness (QED) is 0.591. The van der Waals surface area contributed by atoms with Gasteiger partial charge in [-0.3, -0.25) is 15.3 Å². The van der Waals surface area contributed by atoms with E-state index in [2.05, 4.69) is 9.88 Å². The molecule has 1 aromatic rings. The second kappa shape index (κ2) is 6.35. The number of nitrogens with zero attached hydrogens (tertiary/aromatic N) is 2. The Morgan fingerprint density at radius 3 is 2.78 bits per heavy atom. The number of hydrogen-bond donors (Lipinski definition) is 2. The van der Waals surface area contributed by atoms with Crippen LogP contribution in [-0.4, -0.2) is 36.4 Å². The molecule has 1 unspecified atom stereocenters. The van der Waals surface area contributed by atoms with E-state index < -0.39 is 0 Å². The van der Waals surface area contributed by atoms with Crippen LogP contribution in [0.4, 0.5) is 0 Å². The van der Waals surface area contributed by atoms with E-state index in [1.807, 2.05) is 33.0 Å². The van der Waals surface area contributed by atoms with Crippen LogP contribution < -0.4 is 10.5 Å². The van der Waals surface area contributed by atoms with Crippen molar-refractivity contribution in [2.24, 2.45) is 11.7 Å². The fourth-order valence-corrected chi connectivity index (χ4v) is 1.81. The molecular formula is C13H22N4O. The van der Waals surface area contributed by atoms with Gasteiger partial charge < -0.3 is 10.5 Å². The van der Waals surface area contributed by atoms with E-state index in [0.717, 1.165) is 30.2 Å².